The highest BCUT2D eigenvalue weighted by atomic mass is 19.1. The molecule has 3 aromatic rings. The molecule has 1 unspecified atom stereocenters. The molecular weight excluding hydrogens is 395 g/mol. The summed E-state index contributed by atoms with van der Waals surface area (Å²) in [6.07, 6.45) is 0.375. The number of aryl methyl sites for hydroxylation is 1. The minimum atomic E-state index is -0.626. The van der Waals surface area contributed by atoms with Gasteiger partial charge in [-0.2, -0.15) is 0 Å². The summed E-state index contributed by atoms with van der Waals surface area (Å²) in [7, 11) is 0. The zero-order valence-electron chi connectivity index (χ0n) is 17.2. The number of nitrogens with one attached hydrogen (secondary N) is 1. The molecule has 1 N–H and O–H groups in total. The van der Waals surface area contributed by atoms with Crippen LogP contribution in [-0.4, -0.2) is 17.9 Å². The van der Waals surface area contributed by atoms with Crippen LogP contribution in [0.15, 0.2) is 72.8 Å². The van der Waals surface area contributed by atoms with E-state index >= 15 is 0 Å². The normalized spacial score (nSPS) is 15.2. The summed E-state index contributed by atoms with van der Waals surface area (Å²) in [6.45, 7) is 1.98. The first-order valence-corrected chi connectivity index (χ1v) is 10.2. The number of anilines is 2. The summed E-state index contributed by atoms with van der Waals surface area (Å²) in [5.41, 5.74) is 3.06. The van der Waals surface area contributed by atoms with Crippen LogP contribution in [0.4, 0.5) is 15.8 Å². The highest BCUT2D eigenvalue weighted by molar-refractivity contribution is 6.01. The molecule has 1 aliphatic heterocycles. The molecule has 158 valence electrons. The number of nitrogens with zero attached hydrogens (tertiary/aromatic N) is 1. The molecule has 0 saturated heterocycles. The number of amides is 2. The Morgan fingerprint density at radius 3 is 2.52 bits per heavy atom. The van der Waals surface area contributed by atoms with E-state index in [1.807, 2.05) is 30.3 Å². The summed E-state index contributed by atoms with van der Waals surface area (Å²) in [6, 6.07) is 21.1. The third kappa shape index (κ3) is 4.91. The summed E-state index contributed by atoms with van der Waals surface area (Å²) >= 11 is 0. The van der Waals surface area contributed by atoms with Crippen LogP contribution in [0.25, 0.3) is 0 Å². The lowest BCUT2D eigenvalue weighted by molar-refractivity contribution is -0.125. The van der Waals surface area contributed by atoms with Gasteiger partial charge in [0.25, 0.3) is 5.91 Å². The van der Waals surface area contributed by atoms with Crippen LogP contribution in [0.1, 0.15) is 24.5 Å². The lowest BCUT2D eigenvalue weighted by Gasteiger charge is -2.33. The standard InChI is InChI=1S/C25H23FN2O3/c1-17-25(30)28(16-19-7-10-20(26)11-8-19)22-15-21(12-13-23(22)31-17)27-24(29)14-9-18-5-3-2-4-6-18/h2-8,10-13,15,17H,9,14,16H2,1H3,(H,27,29). The van der Waals surface area contributed by atoms with Gasteiger partial charge in [-0.1, -0.05) is 42.5 Å². The highest BCUT2D eigenvalue weighted by Crippen LogP contribution is 2.37. The second kappa shape index (κ2) is 9.00. The van der Waals surface area contributed by atoms with Crippen molar-refractivity contribution in [2.75, 3.05) is 10.2 Å². The Morgan fingerprint density at radius 1 is 1.03 bits per heavy atom. The fourth-order valence-electron chi connectivity index (χ4n) is 3.55. The van der Waals surface area contributed by atoms with E-state index in [4.69, 9.17) is 4.74 Å². The molecule has 6 heteroatoms. The monoisotopic (exact) mass is 418 g/mol. The maximum atomic E-state index is 13.2. The fourth-order valence-corrected chi connectivity index (χ4v) is 3.55. The van der Waals surface area contributed by atoms with Crippen molar-refractivity contribution in [3.63, 3.8) is 0 Å². The van der Waals surface area contributed by atoms with E-state index in [0.717, 1.165) is 11.1 Å². The third-order valence-corrected chi connectivity index (χ3v) is 5.19. The van der Waals surface area contributed by atoms with Gasteiger partial charge in [0.05, 0.1) is 12.2 Å². The van der Waals surface area contributed by atoms with Crippen molar-refractivity contribution in [1.29, 1.82) is 0 Å². The van der Waals surface area contributed by atoms with Crippen molar-refractivity contribution < 1.29 is 18.7 Å². The van der Waals surface area contributed by atoms with Crippen LogP contribution in [0, 0.1) is 5.82 Å². The minimum absolute atomic E-state index is 0.106. The molecule has 1 aliphatic rings. The molecule has 1 heterocycles. The first kappa shape index (κ1) is 20.6. The molecule has 31 heavy (non-hydrogen) atoms. The maximum absolute atomic E-state index is 13.2. The second-order valence-electron chi connectivity index (χ2n) is 7.53. The van der Waals surface area contributed by atoms with Crippen molar-refractivity contribution >= 4 is 23.2 Å². The highest BCUT2D eigenvalue weighted by Gasteiger charge is 2.31. The van der Waals surface area contributed by atoms with Gasteiger partial charge >= 0.3 is 0 Å². The van der Waals surface area contributed by atoms with Crippen molar-refractivity contribution in [3.8, 4) is 5.75 Å². The van der Waals surface area contributed by atoms with Crippen molar-refractivity contribution in [2.24, 2.45) is 0 Å². The average Bonchev–Trinajstić information content (AvgIpc) is 2.78. The number of hydrogen-bond donors (Lipinski definition) is 1. The van der Waals surface area contributed by atoms with E-state index in [-0.39, 0.29) is 24.2 Å². The molecule has 0 spiro atoms. The number of carbonyl (C=O) groups is 2. The van der Waals surface area contributed by atoms with Gasteiger partial charge < -0.3 is 15.0 Å². The lowest BCUT2D eigenvalue weighted by Crippen LogP contribution is -2.44. The Bertz CT molecular complexity index is 1080. The Labute approximate surface area is 180 Å². The summed E-state index contributed by atoms with van der Waals surface area (Å²) in [5, 5.41) is 2.90. The van der Waals surface area contributed by atoms with Crippen molar-refractivity contribution in [3.05, 3.63) is 89.7 Å². The summed E-state index contributed by atoms with van der Waals surface area (Å²) < 4.78 is 19.0. The minimum Gasteiger partial charge on any atom is -0.479 e. The summed E-state index contributed by atoms with van der Waals surface area (Å²) in [4.78, 5) is 26.8. The molecule has 5 nitrogen and oxygen atoms in total. The molecule has 0 fully saturated rings. The van der Waals surface area contributed by atoms with Gasteiger partial charge in [-0.05, 0) is 54.8 Å². The second-order valence-corrected chi connectivity index (χ2v) is 7.53. The van der Waals surface area contributed by atoms with E-state index in [0.29, 0.717) is 30.0 Å². The number of ether oxygens (including phenoxy) is 1. The Morgan fingerprint density at radius 2 is 1.77 bits per heavy atom. The zero-order valence-corrected chi connectivity index (χ0v) is 17.2. The van der Waals surface area contributed by atoms with Crippen LogP contribution in [0.5, 0.6) is 5.75 Å². The van der Waals surface area contributed by atoms with Crippen LogP contribution in [-0.2, 0) is 22.6 Å². The van der Waals surface area contributed by atoms with Crippen LogP contribution in [0.2, 0.25) is 0 Å². The lowest BCUT2D eigenvalue weighted by atomic mass is 10.1. The topological polar surface area (TPSA) is 58.6 Å². The van der Waals surface area contributed by atoms with Gasteiger partial charge in [-0.25, -0.2) is 4.39 Å². The maximum Gasteiger partial charge on any atom is 0.268 e. The predicted molar refractivity (Wildman–Crippen MR) is 118 cm³/mol. The van der Waals surface area contributed by atoms with E-state index in [9.17, 15) is 14.0 Å². The molecular formula is C25H23FN2O3. The molecule has 4 rings (SSSR count). The number of fused-ring (bicyclic) bond motifs is 1. The molecule has 0 aromatic heterocycles. The van der Waals surface area contributed by atoms with E-state index in [1.165, 1.54) is 12.1 Å². The van der Waals surface area contributed by atoms with Crippen LogP contribution in [0.3, 0.4) is 0 Å². The van der Waals surface area contributed by atoms with Gasteiger partial charge in [0.15, 0.2) is 6.10 Å². The third-order valence-electron chi connectivity index (χ3n) is 5.19. The molecule has 0 aliphatic carbocycles. The molecule has 2 amide bonds. The molecule has 0 saturated carbocycles. The predicted octanol–water partition coefficient (Wildman–Crippen LogP) is 4.71. The Balaban J connectivity index is 1.50. The molecule has 1 atom stereocenters. The number of halogens is 1. The smallest absolute Gasteiger partial charge is 0.268 e. The average molecular weight is 418 g/mol. The fraction of sp³-hybridized carbons (Fsp3) is 0.200. The van der Waals surface area contributed by atoms with E-state index in [1.54, 1.807) is 42.2 Å². The molecule has 3 aromatic carbocycles. The zero-order chi connectivity index (χ0) is 21.8. The quantitative estimate of drug-likeness (QED) is 0.631. The molecule has 0 radical (unpaired) electrons. The van der Waals surface area contributed by atoms with Gasteiger partial charge in [-0.3, -0.25) is 9.59 Å². The largest absolute Gasteiger partial charge is 0.479 e. The first-order chi connectivity index (χ1) is 15.0. The SMILES string of the molecule is CC1Oc2ccc(NC(=O)CCc3ccccc3)cc2N(Cc2ccc(F)cc2)C1=O. The van der Waals surface area contributed by atoms with E-state index < -0.39 is 6.10 Å². The molecule has 0 bridgehead atoms. The number of carbonyl (C=O) groups excluding carboxylic acids is 2. The first-order valence-electron chi connectivity index (χ1n) is 10.2. The van der Waals surface area contributed by atoms with Gasteiger partial charge in [0, 0.05) is 12.1 Å². The van der Waals surface area contributed by atoms with Crippen LogP contribution < -0.4 is 15.0 Å². The number of benzene rings is 3. The van der Waals surface area contributed by atoms with E-state index in [2.05, 4.69) is 5.32 Å². The number of rotatable bonds is 6. The van der Waals surface area contributed by atoms with Crippen LogP contribution >= 0.6 is 0 Å². The Kier molecular flexibility index (Phi) is 5.98. The van der Waals surface area contributed by atoms with Gasteiger partial charge in [0.1, 0.15) is 11.6 Å². The van der Waals surface area contributed by atoms with Crippen molar-refractivity contribution in [1.82, 2.24) is 0 Å². The number of hydrogen-bond acceptors (Lipinski definition) is 3. The summed E-state index contributed by atoms with van der Waals surface area (Å²) in [5.74, 6) is -0.0579. The Hall–Kier alpha value is -3.67. The van der Waals surface area contributed by atoms with Gasteiger partial charge in [0.2, 0.25) is 5.91 Å². The van der Waals surface area contributed by atoms with Crippen molar-refractivity contribution in [2.45, 2.75) is 32.4 Å². The van der Waals surface area contributed by atoms with Gasteiger partial charge in [-0.15, -0.1) is 0 Å².